The number of aryl methyl sites for hydroxylation is 2. The minimum Gasteiger partial charge on any atom is -0.324 e. The molecule has 2 N–H and O–H groups in total. The maximum atomic E-state index is 6.33. The van der Waals surface area contributed by atoms with Crippen molar-refractivity contribution in [3.8, 4) is 0 Å². The number of thiazole rings is 1. The first-order chi connectivity index (χ1) is 9.61. The van der Waals surface area contributed by atoms with Crippen LogP contribution in [0.4, 0.5) is 0 Å². The number of hydrogen-bond acceptors (Lipinski definition) is 3. The Morgan fingerprint density at radius 3 is 2.85 bits per heavy atom. The van der Waals surface area contributed by atoms with E-state index in [0.717, 1.165) is 18.8 Å². The summed E-state index contributed by atoms with van der Waals surface area (Å²) in [7, 11) is 0. The highest BCUT2D eigenvalue weighted by Crippen LogP contribution is 2.31. The van der Waals surface area contributed by atoms with Crippen LogP contribution >= 0.6 is 11.3 Å². The number of fused-ring (bicyclic) bond motifs is 1. The zero-order valence-electron chi connectivity index (χ0n) is 12.2. The summed E-state index contributed by atoms with van der Waals surface area (Å²) in [5.74, 6) is 0.807. The summed E-state index contributed by atoms with van der Waals surface area (Å²) < 4.78 is 0. The van der Waals surface area contributed by atoms with E-state index < -0.39 is 0 Å². The molecule has 1 aliphatic rings. The summed E-state index contributed by atoms with van der Waals surface area (Å²) in [6.45, 7) is 4.44. The number of nitrogens with zero attached hydrogens (tertiary/aromatic N) is 1. The summed E-state index contributed by atoms with van der Waals surface area (Å²) in [6.07, 6.45) is 4.48. The standard InChI is InChI=1S/C17H22N2S/c1-11-3-6-13(7-4-11)14(18)10-17-19-15-8-5-12(2)9-16(15)20-17/h3-4,6-7,12,14H,5,8-10,18H2,1-2H3. The van der Waals surface area contributed by atoms with Crippen LogP contribution in [0, 0.1) is 12.8 Å². The van der Waals surface area contributed by atoms with Crippen molar-refractivity contribution in [3.05, 3.63) is 51.0 Å². The molecular weight excluding hydrogens is 264 g/mol. The van der Waals surface area contributed by atoms with Gasteiger partial charge in [-0.3, -0.25) is 0 Å². The van der Waals surface area contributed by atoms with Crippen LogP contribution in [-0.2, 0) is 19.3 Å². The van der Waals surface area contributed by atoms with E-state index in [1.165, 1.54) is 39.5 Å². The molecular formula is C17H22N2S. The minimum absolute atomic E-state index is 0.0561. The first-order valence-electron chi connectivity index (χ1n) is 7.41. The lowest BCUT2D eigenvalue weighted by atomic mass is 9.93. The third kappa shape index (κ3) is 2.94. The van der Waals surface area contributed by atoms with Gasteiger partial charge in [-0.05, 0) is 37.7 Å². The van der Waals surface area contributed by atoms with Crippen molar-refractivity contribution in [3.63, 3.8) is 0 Å². The van der Waals surface area contributed by atoms with Crippen LogP contribution in [0.15, 0.2) is 24.3 Å². The van der Waals surface area contributed by atoms with E-state index in [1.807, 2.05) is 11.3 Å². The van der Waals surface area contributed by atoms with Gasteiger partial charge in [-0.25, -0.2) is 4.98 Å². The number of nitrogens with two attached hydrogens (primary N) is 1. The zero-order chi connectivity index (χ0) is 14.1. The van der Waals surface area contributed by atoms with Gasteiger partial charge in [0.1, 0.15) is 0 Å². The molecule has 106 valence electrons. The molecule has 1 aromatic carbocycles. The molecule has 0 fully saturated rings. The van der Waals surface area contributed by atoms with Gasteiger partial charge in [-0.2, -0.15) is 0 Å². The Morgan fingerprint density at radius 1 is 1.35 bits per heavy atom. The van der Waals surface area contributed by atoms with E-state index in [0.29, 0.717) is 0 Å². The Balaban J connectivity index is 1.73. The number of aromatic nitrogens is 1. The van der Waals surface area contributed by atoms with Crippen molar-refractivity contribution in [1.29, 1.82) is 0 Å². The van der Waals surface area contributed by atoms with Crippen molar-refractivity contribution >= 4 is 11.3 Å². The van der Waals surface area contributed by atoms with E-state index in [4.69, 9.17) is 10.7 Å². The van der Waals surface area contributed by atoms with Gasteiger partial charge in [0.05, 0.1) is 10.7 Å². The third-order valence-electron chi connectivity index (χ3n) is 4.13. The van der Waals surface area contributed by atoms with Crippen LogP contribution < -0.4 is 5.73 Å². The van der Waals surface area contributed by atoms with Gasteiger partial charge in [0.2, 0.25) is 0 Å². The predicted molar refractivity (Wildman–Crippen MR) is 85.1 cm³/mol. The maximum absolute atomic E-state index is 6.33. The zero-order valence-corrected chi connectivity index (χ0v) is 13.0. The van der Waals surface area contributed by atoms with E-state index in [-0.39, 0.29) is 6.04 Å². The molecule has 1 aliphatic carbocycles. The van der Waals surface area contributed by atoms with Gasteiger partial charge in [0.25, 0.3) is 0 Å². The molecule has 3 heteroatoms. The lowest BCUT2D eigenvalue weighted by Crippen LogP contribution is -2.13. The lowest BCUT2D eigenvalue weighted by Gasteiger charge is -2.15. The molecule has 2 aromatic rings. The molecule has 0 radical (unpaired) electrons. The Labute approximate surface area is 125 Å². The van der Waals surface area contributed by atoms with Gasteiger partial charge >= 0.3 is 0 Å². The summed E-state index contributed by atoms with van der Waals surface area (Å²) >= 11 is 1.87. The fourth-order valence-electron chi connectivity index (χ4n) is 2.80. The molecule has 0 spiro atoms. The average Bonchev–Trinajstić information content (AvgIpc) is 2.80. The average molecular weight is 286 g/mol. The maximum Gasteiger partial charge on any atom is 0.0950 e. The van der Waals surface area contributed by atoms with Crippen LogP contribution in [0.5, 0.6) is 0 Å². The Hall–Kier alpha value is -1.19. The van der Waals surface area contributed by atoms with Gasteiger partial charge in [0.15, 0.2) is 0 Å². The van der Waals surface area contributed by atoms with E-state index in [9.17, 15) is 0 Å². The third-order valence-corrected chi connectivity index (χ3v) is 5.27. The Bertz CT molecular complexity index is 586. The van der Waals surface area contributed by atoms with Crippen molar-refractivity contribution in [2.24, 2.45) is 11.7 Å². The number of hydrogen-bond donors (Lipinski definition) is 1. The monoisotopic (exact) mass is 286 g/mol. The predicted octanol–water partition coefficient (Wildman–Crippen LogP) is 3.82. The molecule has 0 saturated carbocycles. The Morgan fingerprint density at radius 2 is 2.10 bits per heavy atom. The topological polar surface area (TPSA) is 38.9 Å². The summed E-state index contributed by atoms with van der Waals surface area (Å²) in [5.41, 5.74) is 10.1. The van der Waals surface area contributed by atoms with Crippen molar-refractivity contribution in [1.82, 2.24) is 4.98 Å². The van der Waals surface area contributed by atoms with Gasteiger partial charge in [0, 0.05) is 17.3 Å². The van der Waals surface area contributed by atoms with Gasteiger partial charge in [-0.15, -0.1) is 11.3 Å². The second-order valence-electron chi connectivity index (χ2n) is 6.05. The molecule has 1 aromatic heterocycles. The molecule has 0 bridgehead atoms. The molecule has 0 aliphatic heterocycles. The largest absolute Gasteiger partial charge is 0.324 e. The highest BCUT2D eigenvalue weighted by molar-refractivity contribution is 7.11. The van der Waals surface area contributed by atoms with Crippen molar-refractivity contribution < 1.29 is 0 Å². The second kappa shape index (κ2) is 5.66. The summed E-state index contributed by atoms with van der Waals surface area (Å²) in [6, 6.07) is 8.58. The minimum atomic E-state index is 0.0561. The van der Waals surface area contributed by atoms with E-state index in [2.05, 4.69) is 38.1 Å². The molecule has 2 nitrogen and oxygen atoms in total. The second-order valence-corrected chi connectivity index (χ2v) is 7.21. The van der Waals surface area contributed by atoms with Crippen LogP contribution in [0.2, 0.25) is 0 Å². The summed E-state index contributed by atoms with van der Waals surface area (Å²) in [4.78, 5) is 6.30. The SMILES string of the molecule is Cc1ccc(C(N)Cc2nc3c(s2)CC(C)CC3)cc1. The van der Waals surface area contributed by atoms with Crippen LogP contribution in [-0.4, -0.2) is 4.98 Å². The molecule has 0 amide bonds. The normalized spacial score (nSPS) is 19.6. The first-order valence-corrected chi connectivity index (χ1v) is 8.23. The summed E-state index contributed by atoms with van der Waals surface area (Å²) in [5, 5.41) is 1.21. The molecule has 0 saturated heterocycles. The van der Waals surface area contributed by atoms with Crippen molar-refractivity contribution in [2.75, 3.05) is 0 Å². The molecule has 1 heterocycles. The Kier molecular flexibility index (Phi) is 3.90. The van der Waals surface area contributed by atoms with Crippen molar-refractivity contribution in [2.45, 2.75) is 45.6 Å². The fourth-order valence-corrected chi connectivity index (χ4v) is 4.14. The quantitative estimate of drug-likeness (QED) is 0.931. The molecule has 20 heavy (non-hydrogen) atoms. The molecule has 2 atom stereocenters. The van der Waals surface area contributed by atoms with E-state index in [1.54, 1.807) is 0 Å². The van der Waals surface area contributed by atoms with Crippen LogP contribution in [0.3, 0.4) is 0 Å². The van der Waals surface area contributed by atoms with E-state index >= 15 is 0 Å². The molecule has 3 rings (SSSR count). The number of rotatable bonds is 3. The van der Waals surface area contributed by atoms with Crippen LogP contribution in [0.25, 0.3) is 0 Å². The molecule has 2 unspecified atom stereocenters. The first kappa shape index (κ1) is 13.8. The lowest BCUT2D eigenvalue weighted by molar-refractivity contribution is 0.501. The number of benzene rings is 1. The van der Waals surface area contributed by atoms with Crippen LogP contribution in [0.1, 0.15) is 46.1 Å². The fraction of sp³-hybridized carbons (Fsp3) is 0.471. The van der Waals surface area contributed by atoms with Gasteiger partial charge < -0.3 is 5.73 Å². The van der Waals surface area contributed by atoms with Gasteiger partial charge in [-0.1, -0.05) is 36.8 Å². The highest BCUT2D eigenvalue weighted by Gasteiger charge is 2.20. The smallest absolute Gasteiger partial charge is 0.0950 e. The highest BCUT2D eigenvalue weighted by atomic mass is 32.1.